The fourth-order valence-electron chi connectivity index (χ4n) is 2.30. The van der Waals surface area contributed by atoms with Crippen molar-refractivity contribution in [3.05, 3.63) is 42.1 Å². The molecule has 6 heteroatoms. The Balaban J connectivity index is 1.79. The van der Waals surface area contributed by atoms with Crippen LogP contribution in [0.15, 0.2) is 36.5 Å². The molecular formula is C16H18N4O2. The first kappa shape index (κ1) is 14.5. The quantitative estimate of drug-likeness (QED) is 0.916. The van der Waals surface area contributed by atoms with Crippen molar-refractivity contribution >= 4 is 11.7 Å². The number of hydrogen-bond acceptors (Lipinski definition) is 5. The predicted molar refractivity (Wildman–Crippen MR) is 83.7 cm³/mol. The van der Waals surface area contributed by atoms with Crippen molar-refractivity contribution < 1.29 is 9.90 Å². The van der Waals surface area contributed by atoms with E-state index in [0.29, 0.717) is 24.5 Å². The zero-order valence-electron chi connectivity index (χ0n) is 12.6. The smallest absolute Gasteiger partial charge is 0.254 e. The summed E-state index contributed by atoms with van der Waals surface area (Å²) in [7, 11) is 3.85. The number of aromatic nitrogens is 2. The second-order valence-electron chi connectivity index (χ2n) is 5.57. The summed E-state index contributed by atoms with van der Waals surface area (Å²) in [6.45, 7) is 0.823. The Morgan fingerprint density at radius 2 is 1.91 bits per heavy atom. The molecule has 1 aromatic carbocycles. The van der Waals surface area contributed by atoms with Crippen LogP contribution in [0.4, 0.5) is 5.82 Å². The van der Waals surface area contributed by atoms with Crippen LogP contribution >= 0.6 is 0 Å². The minimum atomic E-state index is -0.384. The fourth-order valence-corrected chi connectivity index (χ4v) is 2.30. The number of anilines is 1. The molecule has 2 aromatic rings. The average molecular weight is 298 g/mol. The largest absolute Gasteiger partial charge is 0.389 e. The van der Waals surface area contributed by atoms with Gasteiger partial charge in [0.05, 0.1) is 6.10 Å². The minimum absolute atomic E-state index is 0.0557. The number of carbonyl (C=O) groups excluding carboxylic acids is 1. The molecule has 0 aliphatic carbocycles. The Morgan fingerprint density at radius 3 is 2.50 bits per heavy atom. The van der Waals surface area contributed by atoms with Gasteiger partial charge in [0, 0.05) is 44.5 Å². The molecule has 1 aliphatic rings. The number of aliphatic hydroxyl groups is 1. The third kappa shape index (κ3) is 2.78. The van der Waals surface area contributed by atoms with Gasteiger partial charge in [0.15, 0.2) is 5.82 Å². The maximum Gasteiger partial charge on any atom is 0.254 e. The zero-order chi connectivity index (χ0) is 15.7. The molecule has 1 aliphatic heterocycles. The number of β-amino-alcohol motifs (C(OH)–C–C–N with tert-alkyl or cyclic N) is 1. The highest BCUT2D eigenvalue weighted by Crippen LogP contribution is 2.20. The van der Waals surface area contributed by atoms with Gasteiger partial charge in [0.25, 0.3) is 5.91 Å². The first-order valence-electron chi connectivity index (χ1n) is 7.13. The van der Waals surface area contributed by atoms with E-state index in [1.54, 1.807) is 23.2 Å². The molecule has 3 rings (SSSR count). The maximum atomic E-state index is 12.1. The fraction of sp³-hybridized carbons (Fsp3) is 0.312. The van der Waals surface area contributed by atoms with Gasteiger partial charge in [-0.1, -0.05) is 12.1 Å². The van der Waals surface area contributed by atoms with Gasteiger partial charge in [-0.15, -0.1) is 0 Å². The van der Waals surface area contributed by atoms with Crippen LogP contribution in [0, 0.1) is 0 Å². The number of aliphatic hydroxyl groups excluding tert-OH is 1. The molecule has 1 amide bonds. The number of nitrogens with zero attached hydrogens (tertiary/aromatic N) is 4. The lowest BCUT2D eigenvalue weighted by Crippen LogP contribution is -2.53. The Kier molecular flexibility index (Phi) is 3.77. The Morgan fingerprint density at radius 1 is 1.23 bits per heavy atom. The van der Waals surface area contributed by atoms with Gasteiger partial charge in [-0.3, -0.25) is 4.79 Å². The molecule has 0 atom stereocenters. The first-order valence-corrected chi connectivity index (χ1v) is 7.13. The van der Waals surface area contributed by atoms with Gasteiger partial charge in [-0.2, -0.15) is 0 Å². The molecule has 1 aromatic heterocycles. The molecule has 114 valence electrons. The summed E-state index contributed by atoms with van der Waals surface area (Å²) in [5.74, 6) is 1.41. The highest BCUT2D eigenvalue weighted by Gasteiger charge is 2.29. The third-order valence-electron chi connectivity index (χ3n) is 3.64. The van der Waals surface area contributed by atoms with E-state index in [1.807, 2.05) is 37.2 Å². The van der Waals surface area contributed by atoms with Crippen LogP contribution in [0.25, 0.3) is 11.4 Å². The predicted octanol–water partition coefficient (Wildman–Crippen LogP) is 1.03. The molecule has 0 bridgehead atoms. The second kappa shape index (κ2) is 5.73. The molecule has 0 radical (unpaired) electrons. The molecular weight excluding hydrogens is 280 g/mol. The number of hydrogen-bond donors (Lipinski definition) is 1. The van der Waals surface area contributed by atoms with E-state index in [9.17, 15) is 9.90 Å². The minimum Gasteiger partial charge on any atom is -0.389 e. The standard InChI is InChI=1S/C16H18N4O2/c1-19(2)14-7-8-17-15(18-14)11-3-5-12(6-4-11)16(22)20-9-13(21)10-20/h3-8,13,21H,9-10H2,1-2H3. The monoisotopic (exact) mass is 298 g/mol. The summed E-state index contributed by atoms with van der Waals surface area (Å²) in [6, 6.07) is 9.08. The van der Waals surface area contributed by atoms with Crippen LogP contribution < -0.4 is 4.90 Å². The molecule has 1 N–H and O–H groups in total. The average Bonchev–Trinajstić information content (AvgIpc) is 2.51. The lowest BCUT2D eigenvalue weighted by Gasteiger charge is -2.35. The van der Waals surface area contributed by atoms with Gasteiger partial charge in [0.2, 0.25) is 0 Å². The van der Waals surface area contributed by atoms with Crippen molar-refractivity contribution in [3.63, 3.8) is 0 Å². The summed E-state index contributed by atoms with van der Waals surface area (Å²) < 4.78 is 0. The van der Waals surface area contributed by atoms with Gasteiger partial charge in [-0.05, 0) is 18.2 Å². The number of likely N-dealkylation sites (tertiary alicyclic amines) is 1. The Hall–Kier alpha value is -2.47. The number of amides is 1. The second-order valence-corrected chi connectivity index (χ2v) is 5.57. The zero-order valence-corrected chi connectivity index (χ0v) is 12.6. The molecule has 0 saturated carbocycles. The summed E-state index contributed by atoms with van der Waals surface area (Å²) >= 11 is 0. The van der Waals surface area contributed by atoms with E-state index in [1.165, 1.54) is 0 Å². The van der Waals surface area contributed by atoms with E-state index in [2.05, 4.69) is 9.97 Å². The van der Waals surface area contributed by atoms with E-state index in [0.717, 1.165) is 11.4 Å². The van der Waals surface area contributed by atoms with Crippen LogP contribution in [0.5, 0.6) is 0 Å². The molecule has 2 heterocycles. The Labute approximate surface area is 129 Å². The lowest BCUT2D eigenvalue weighted by molar-refractivity contribution is 0.00590. The molecule has 22 heavy (non-hydrogen) atoms. The third-order valence-corrected chi connectivity index (χ3v) is 3.64. The SMILES string of the molecule is CN(C)c1ccnc(-c2ccc(C(=O)N3CC(O)C3)cc2)n1. The van der Waals surface area contributed by atoms with Gasteiger partial charge >= 0.3 is 0 Å². The van der Waals surface area contributed by atoms with Gasteiger partial charge in [-0.25, -0.2) is 9.97 Å². The maximum absolute atomic E-state index is 12.1. The molecule has 6 nitrogen and oxygen atoms in total. The number of rotatable bonds is 3. The number of benzene rings is 1. The van der Waals surface area contributed by atoms with E-state index >= 15 is 0 Å². The summed E-state index contributed by atoms with van der Waals surface area (Å²) in [5, 5.41) is 9.26. The van der Waals surface area contributed by atoms with E-state index in [4.69, 9.17) is 0 Å². The van der Waals surface area contributed by atoms with Crippen LogP contribution in [-0.4, -0.2) is 59.2 Å². The van der Waals surface area contributed by atoms with Crippen molar-refractivity contribution in [2.45, 2.75) is 6.10 Å². The van der Waals surface area contributed by atoms with E-state index < -0.39 is 0 Å². The lowest BCUT2D eigenvalue weighted by atomic mass is 10.1. The highest BCUT2D eigenvalue weighted by atomic mass is 16.3. The topological polar surface area (TPSA) is 69.6 Å². The summed E-state index contributed by atoms with van der Waals surface area (Å²) in [4.78, 5) is 24.4. The molecule has 0 unspecified atom stereocenters. The van der Waals surface area contributed by atoms with Crippen LogP contribution in [-0.2, 0) is 0 Å². The normalized spacial score (nSPS) is 14.6. The highest BCUT2D eigenvalue weighted by molar-refractivity contribution is 5.95. The van der Waals surface area contributed by atoms with Crippen molar-refractivity contribution in [1.29, 1.82) is 0 Å². The Bertz CT molecular complexity index is 679. The number of carbonyl (C=O) groups is 1. The van der Waals surface area contributed by atoms with Gasteiger partial charge < -0.3 is 14.9 Å². The van der Waals surface area contributed by atoms with Gasteiger partial charge in [0.1, 0.15) is 5.82 Å². The van der Waals surface area contributed by atoms with Crippen molar-refractivity contribution in [2.75, 3.05) is 32.1 Å². The van der Waals surface area contributed by atoms with Crippen molar-refractivity contribution in [1.82, 2.24) is 14.9 Å². The summed E-state index contributed by atoms with van der Waals surface area (Å²) in [6.07, 6.45) is 1.34. The van der Waals surface area contributed by atoms with Crippen LogP contribution in [0.2, 0.25) is 0 Å². The molecule has 0 spiro atoms. The van der Waals surface area contributed by atoms with E-state index in [-0.39, 0.29) is 12.0 Å². The van der Waals surface area contributed by atoms with Crippen LogP contribution in [0.1, 0.15) is 10.4 Å². The molecule has 1 saturated heterocycles. The molecule has 1 fully saturated rings. The van der Waals surface area contributed by atoms with Crippen molar-refractivity contribution in [2.24, 2.45) is 0 Å². The van der Waals surface area contributed by atoms with Crippen LogP contribution in [0.3, 0.4) is 0 Å². The first-order chi connectivity index (χ1) is 10.5. The van der Waals surface area contributed by atoms with Crippen molar-refractivity contribution in [3.8, 4) is 11.4 Å². The summed E-state index contributed by atoms with van der Waals surface area (Å²) in [5.41, 5.74) is 1.48.